The zero-order chi connectivity index (χ0) is 23.2. The van der Waals surface area contributed by atoms with Gasteiger partial charge < -0.3 is 25.6 Å². The number of piperidine rings is 1. The lowest BCUT2D eigenvalue weighted by molar-refractivity contribution is -0.274. The van der Waals surface area contributed by atoms with Crippen molar-refractivity contribution in [2.75, 3.05) is 25.0 Å². The quantitative estimate of drug-likeness (QED) is 0.622. The molecule has 1 heterocycles. The summed E-state index contributed by atoms with van der Waals surface area (Å²) in [5, 5.41) is 7.78. The van der Waals surface area contributed by atoms with E-state index in [-0.39, 0.29) is 23.2 Å². The summed E-state index contributed by atoms with van der Waals surface area (Å²) in [4.78, 5) is 37.9. The van der Waals surface area contributed by atoms with Gasteiger partial charge in [-0.1, -0.05) is 0 Å². The summed E-state index contributed by atoms with van der Waals surface area (Å²) < 4.78 is 40.2. The maximum absolute atomic E-state index is 12.2. The van der Waals surface area contributed by atoms with E-state index in [4.69, 9.17) is 0 Å². The van der Waals surface area contributed by atoms with Crippen molar-refractivity contribution >= 4 is 23.5 Å². The molecule has 8 nitrogen and oxygen atoms in total. The molecular weight excluding hydrogens is 417 g/mol. The summed E-state index contributed by atoms with van der Waals surface area (Å²) in [6, 6.07) is 4.34. The third-order valence-corrected chi connectivity index (χ3v) is 4.49. The molecule has 2 rings (SSSR count). The van der Waals surface area contributed by atoms with E-state index < -0.39 is 23.9 Å². The monoisotopic (exact) mass is 444 g/mol. The first-order valence-electron chi connectivity index (χ1n) is 9.84. The Morgan fingerprint density at radius 2 is 1.61 bits per heavy atom. The van der Waals surface area contributed by atoms with Crippen molar-refractivity contribution < 1.29 is 32.3 Å². The number of carbonyl (C=O) groups excluding carboxylic acids is 3. The number of carbonyl (C=O) groups is 3. The summed E-state index contributed by atoms with van der Waals surface area (Å²) in [6.45, 7) is 7.12. The van der Waals surface area contributed by atoms with Crippen molar-refractivity contribution in [3.8, 4) is 5.75 Å². The Morgan fingerprint density at radius 3 is 2.13 bits per heavy atom. The molecule has 4 amide bonds. The number of amides is 4. The second-order valence-electron chi connectivity index (χ2n) is 8.35. The molecule has 0 aromatic heterocycles. The van der Waals surface area contributed by atoms with E-state index in [2.05, 4.69) is 20.7 Å². The van der Waals surface area contributed by atoms with Crippen LogP contribution in [0.2, 0.25) is 0 Å². The first-order chi connectivity index (χ1) is 14.3. The average Bonchev–Trinajstić information content (AvgIpc) is 2.65. The molecule has 1 aromatic rings. The van der Waals surface area contributed by atoms with Gasteiger partial charge in [0.05, 0.1) is 0 Å². The van der Waals surface area contributed by atoms with Crippen LogP contribution in [0.1, 0.15) is 33.6 Å². The summed E-state index contributed by atoms with van der Waals surface area (Å²) >= 11 is 0. The van der Waals surface area contributed by atoms with Crippen LogP contribution >= 0.6 is 0 Å². The van der Waals surface area contributed by atoms with Gasteiger partial charge in [0.15, 0.2) is 0 Å². The Balaban J connectivity index is 1.73. The van der Waals surface area contributed by atoms with Crippen LogP contribution in [0.5, 0.6) is 5.75 Å². The largest absolute Gasteiger partial charge is 0.573 e. The topological polar surface area (TPSA) is 99.8 Å². The molecule has 1 fully saturated rings. The van der Waals surface area contributed by atoms with Crippen molar-refractivity contribution in [1.82, 2.24) is 15.5 Å². The number of ether oxygens (including phenoxy) is 1. The predicted octanol–water partition coefficient (Wildman–Crippen LogP) is 2.86. The number of nitrogens with one attached hydrogen (secondary N) is 3. The minimum absolute atomic E-state index is 0.124. The molecule has 31 heavy (non-hydrogen) atoms. The van der Waals surface area contributed by atoms with Gasteiger partial charge in [-0.15, -0.1) is 13.2 Å². The zero-order valence-corrected chi connectivity index (χ0v) is 17.6. The number of hydrogen-bond donors (Lipinski definition) is 3. The number of benzene rings is 1. The second-order valence-corrected chi connectivity index (χ2v) is 8.35. The number of urea groups is 1. The first kappa shape index (κ1) is 24.3. The third-order valence-electron chi connectivity index (χ3n) is 4.49. The van der Waals surface area contributed by atoms with Gasteiger partial charge in [-0.2, -0.15) is 0 Å². The third kappa shape index (κ3) is 8.73. The molecule has 1 saturated heterocycles. The molecule has 0 saturated carbocycles. The van der Waals surface area contributed by atoms with Gasteiger partial charge >= 0.3 is 24.2 Å². The van der Waals surface area contributed by atoms with Crippen molar-refractivity contribution in [3.63, 3.8) is 0 Å². The highest BCUT2D eigenvalue weighted by Crippen LogP contribution is 2.24. The minimum atomic E-state index is -4.81. The number of anilines is 1. The molecule has 1 aliphatic rings. The molecule has 0 bridgehead atoms. The fraction of sp³-hybridized carbons (Fsp3) is 0.550. The van der Waals surface area contributed by atoms with Gasteiger partial charge in [0, 0.05) is 30.9 Å². The molecule has 3 N–H and O–H groups in total. The molecule has 172 valence electrons. The van der Waals surface area contributed by atoms with Crippen LogP contribution in [0.4, 0.5) is 23.7 Å². The second kappa shape index (κ2) is 9.88. The van der Waals surface area contributed by atoms with E-state index in [9.17, 15) is 27.6 Å². The van der Waals surface area contributed by atoms with Gasteiger partial charge in [0.2, 0.25) is 0 Å². The number of halogens is 3. The molecule has 11 heteroatoms. The fourth-order valence-corrected chi connectivity index (χ4v) is 2.99. The summed E-state index contributed by atoms with van der Waals surface area (Å²) in [6.07, 6.45) is -3.42. The van der Waals surface area contributed by atoms with Gasteiger partial charge in [0.25, 0.3) is 0 Å². The number of hydrogen-bond acceptors (Lipinski definition) is 4. The van der Waals surface area contributed by atoms with Gasteiger partial charge in [-0.05, 0) is 63.8 Å². The Hall–Kier alpha value is -2.98. The van der Waals surface area contributed by atoms with E-state index in [0.29, 0.717) is 32.5 Å². The van der Waals surface area contributed by atoms with E-state index in [1.807, 2.05) is 20.8 Å². The molecule has 0 unspecified atom stereocenters. The van der Waals surface area contributed by atoms with E-state index in [1.165, 1.54) is 12.1 Å². The molecule has 1 aliphatic heterocycles. The maximum atomic E-state index is 12.2. The van der Waals surface area contributed by atoms with Crippen molar-refractivity contribution in [1.29, 1.82) is 0 Å². The highest BCUT2D eigenvalue weighted by Gasteiger charge is 2.31. The minimum Gasteiger partial charge on any atom is -0.406 e. The Bertz CT molecular complexity index is 783. The van der Waals surface area contributed by atoms with Crippen LogP contribution in [0.25, 0.3) is 0 Å². The van der Waals surface area contributed by atoms with Crippen molar-refractivity contribution in [2.45, 2.75) is 45.5 Å². The van der Waals surface area contributed by atoms with E-state index in [0.717, 1.165) is 12.1 Å². The average molecular weight is 444 g/mol. The number of alkyl halides is 3. The van der Waals surface area contributed by atoms with Gasteiger partial charge in [0.1, 0.15) is 5.75 Å². The van der Waals surface area contributed by atoms with Crippen LogP contribution in [-0.4, -0.2) is 54.3 Å². The van der Waals surface area contributed by atoms with Crippen molar-refractivity contribution in [3.05, 3.63) is 24.3 Å². The number of likely N-dealkylation sites (tertiary alicyclic amines) is 1. The van der Waals surface area contributed by atoms with E-state index in [1.54, 1.807) is 4.90 Å². The predicted molar refractivity (Wildman–Crippen MR) is 107 cm³/mol. The SMILES string of the molecule is CC(C)(C)NC(=O)N1CCC(CNC(=O)C(=O)Nc2ccc(OC(F)(F)F)cc2)CC1. The Labute approximate surface area is 178 Å². The van der Waals surface area contributed by atoms with Crippen LogP contribution in [0.15, 0.2) is 24.3 Å². The van der Waals surface area contributed by atoms with Crippen LogP contribution < -0.4 is 20.7 Å². The lowest BCUT2D eigenvalue weighted by Crippen LogP contribution is -2.51. The summed E-state index contributed by atoms with van der Waals surface area (Å²) in [7, 11) is 0. The standard InChI is InChI=1S/C20H27F3N4O4/c1-19(2,3)26-18(30)27-10-8-13(9-11-27)12-24-16(28)17(29)25-14-4-6-15(7-5-14)31-20(21,22)23/h4-7,13H,8-12H2,1-3H3,(H,24,28)(H,25,29)(H,26,30). The van der Waals surface area contributed by atoms with Gasteiger partial charge in [-0.3, -0.25) is 9.59 Å². The lowest BCUT2D eigenvalue weighted by Gasteiger charge is -2.34. The molecule has 0 radical (unpaired) electrons. The number of nitrogens with zero attached hydrogens (tertiary/aromatic N) is 1. The van der Waals surface area contributed by atoms with Crippen LogP contribution in [0.3, 0.4) is 0 Å². The highest BCUT2D eigenvalue weighted by molar-refractivity contribution is 6.39. The molecule has 1 aromatic carbocycles. The van der Waals surface area contributed by atoms with E-state index >= 15 is 0 Å². The summed E-state index contributed by atoms with van der Waals surface area (Å²) in [5.41, 5.74) is -0.158. The highest BCUT2D eigenvalue weighted by atomic mass is 19.4. The Kier molecular flexibility index (Phi) is 7.75. The lowest BCUT2D eigenvalue weighted by atomic mass is 9.97. The Morgan fingerprint density at radius 1 is 1.03 bits per heavy atom. The zero-order valence-electron chi connectivity index (χ0n) is 17.6. The smallest absolute Gasteiger partial charge is 0.406 e. The molecular formula is C20H27F3N4O4. The molecule has 0 aliphatic carbocycles. The van der Waals surface area contributed by atoms with Crippen LogP contribution in [0, 0.1) is 5.92 Å². The van der Waals surface area contributed by atoms with Crippen molar-refractivity contribution in [2.24, 2.45) is 5.92 Å². The molecule has 0 atom stereocenters. The normalized spacial score (nSPS) is 15.2. The summed E-state index contributed by atoms with van der Waals surface area (Å²) in [5.74, 6) is -2.07. The first-order valence-corrected chi connectivity index (χ1v) is 9.84. The van der Waals surface area contributed by atoms with Gasteiger partial charge in [-0.25, -0.2) is 4.79 Å². The fourth-order valence-electron chi connectivity index (χ4n) is 2.99. The maximum Gasteiger partial charge on any atom is 0.573 e. The molecule has 0 spiro atoms. The number of rotatable bonds is 4. The van der Waals surface area contributed by atoms with Crippen LogP contribution in [-0.2, 0) is 9.59 Å².